The first-order chi connectivity index (χ1) is 16.9. The molecule has 0 bridgehead atoms. The number of ether oxygens (including phenoxy) is 2. The van der Waals surface area contributed by atoms with E-state index >= 15 is 0 Å². The Labute approximate surface area is 209 Å². The molecule has 1 atom stereocenters. The van der Waals surface area contributed by atoms with Gasteiger partial charge in [-0.1, -0.05) is 11.6 Å². The van der Waals surface area contributed by atoms with Gasteiger partial charge in [0.15, 0.2) is 11.5 Å². The molecule has 1 aliphatic rings. The van der Waals surface area contributed by atoms with Crippen molar-refractivity contribution in [2.24, 2.45) is 0 Å². The molecule has 8 nitrogen and oxygen atoms in total. The molecule has 2 aromatic carbocycles. The highest BCUT2D eigenvalue weighted by Crippen LogP contribution is 2.35. The Hall–Kier alpha value is -3.17. The first kappa shape index (κ1) is 24.9. The average Bonchev–Trinajstić information content (AvgIpc) is 3.31. The summed E-state index contributed by atoms with van der Waals surface area (Å²) in [7, 11) is 5.15. The van der Waals surface area contributed by atoms with E-state index in [0.29, 0.717) is 39.8 Å². The fraction of sp³-hybridized carbons (Fsp3) is 0.400. The Bertz CT molecular complexity index is 1210. The first-order valence-electron chi connectivity index (χ1n) is 11.5. The van der Waals surface area contributed by atoms with Crippen molar-refractivity contribution in [2.45, 2.75) is 25.3 Å². The van der Waals surface area contributed by atoms with Crippen LogP contribution >= 0.6 is 11.6 Å². The summed E-state index contributed by atoms with van der Waals surface area (Å²) in [5, 5.41) is 3.97. The van der Waals surface area contributed by atoms with Gasteiger partial charge in [0.25, 0.3) is 0 Å². The second kappa shape index (κ2) is 11.0. The van der Waals surface area contributed by atoms with Gasteiger partial charge in [0.05, 0.1) is 31.0 Å². The number of halogens is 2. The van der Waals surface area contributed by atoms with E-state index in [-0.39, 0.29) is 17.6 Å². The molecule has 35 heavy (non-hydrogen) atoms. The number of hydrogen-bond acceptors (Lipinski definition) is 7. The largest absolute Gasteiger partial charge is 0.493 e. The predicted molar refractivity (Wildman–Crippen MR) is 134 cm³/mol. The van der Waals surface area contributed by atoms with Gasteiger partial charge < -0.3 is 19.7 Å². The fourth-order valence-electron chi connectivity index (χ4n) is 4.28. The molecular formula is C25H29ClFN5O3. The zero-order chi connectivity index (χ0) is 24.9. The topological polar surface area (TPSA) is 79.8 Å². The van der Waals surface area contributed by atoms with E-state index < -0.39 is 5.82 Å². The number of methoxy groups -OCH3 is 1. The van der Waals surface area contributed by atoms with E-state index in [1.54, 1.807) is 50.4 Å². The zero-order valence-corrected chi connectivity index (χ0v) is 20.8. The van der Waals surface area contributed by atoms with Crippen molar-refractivity contribution in [1.29, 1.82) is 0 Å². The second-order valence-electron chi connectivity index (χ2n) is 8.62. The van der Waals surface area contributed by atoms with Gasteiger partial charge in [-0.05, 0) is 50.1 Å². The minimum absolute atomic E-state index is 0.0479. The summed E-state index contributed by atoms with van der Waals surface area (Å²) in [4.78, 5) is 24.9. The Kier molecular flexibility index (Phi) is 7.87. The SMILES string of the molecule is COc1cc2c(Nc3ccc(Cl)cc3F)ncnc2cc1OCCCN1CCC[C@H]1C(=O)N(C)C. The number of benzene rings is 2. The number of anilines is 2. The van der Waals surface area contributed by atoms with E-state index in [0.717, 1.165) is 32.4 Å². The van der Waals surface area contributed by atoms with Gasteiger partial charge in [-0.2, -0.15) is 0 Å². The molecule has 1 amide bonds. The minimum atomic E-state index is -0.483. The maximum atomic E-state index is 14.3. The van der Waals surface area contributed by atoms with Gasteiger partial charge in [-0.25, -0.2) is 14.4 Å². The molecule has 1 aromatic heterocycles. The van der Waals surface area contributed by atoms with Gasteiger partial charge in [0.2, 0.25) is 5.91 Å². The van der Waals surface area contributed by atoms with E-state index in [1.165, 1.54) is 12.4 Å². The van der Waals surface area contributed by atoms with Crippen LogP contribution in [0.5, 0.6) is 11.5 Å². The number of likely N-dealkylation sites (N-methyl/N-ethyl adjacent to an activating group) is 1. The van der Waals surface area contributed by atoms with E-state index in [9.17, 15) is 9.18 Å². The molecule has 3 aromatic rings. The molecule has 1 saturated heterocycles. The number of amides is 1. The molecule has 1 aliphatic heterocycles. The Balaban J connectivity index is 1.45. The number of aromatic nitrogens is 2. The number of carbonyl (C=O) groups excluding carboxylic acids is 1. The van der Waals surface area contributed by atoms with Gasteiger partial charge in [-0.15, -0.1) is 0 Å². The third-order valence-corrected chi connectivity index (χ3v) is 6.28. The van der Waals surface area contributed by atoms with Gasteiger partial charge in [0, 0.05) is 37.1 Å². The smallest absolute Gasteiger partial charge is 0.239 e. The minimum Gasteiger partial charge on any atom is -0.493 e. The molecule has 0 spiro atoms. The number of fused-ring (bicyclic) bond motifs is 1. The maximum Gasteiger partial charge on any atom is 0.239 e. The second-order valence-corrected chi connectivity index (χ2v) is 9.06. The number of likely N-dealkylation sites (tertiary alicyclic amines) is 1. The van der Waals surface area contributed by atoms with Crippen molar-refractivity contribution in [3.63, 3.8) is 0 Å². The molecule has 0 unspecified atom stereocenters. The predicted octanol–water partition coefficient (Wildman–Crippen LogP) is 4.50. The normalized spacial score (nSPS) is 15.9. The summed E-state index contributed by atoms with van der Waals surface area (Å²) in [6.45, 7) is 2.17. The molecule has 1 N–H and O–H groups in total. The lowest BCUT2D eigenvalue weighted by atomic mass is 10.2. The summed E-state index contributed by atoms with van der Waals surface area (Å²) in [5.41, 5.74) is 0.880. The lowest BCUT2D eigenvalue weighted by Crippen LogP contribution is -2.43. The van der Waals surface area contributed by atoms with Gasteiger partial charge in [-0.3, -0.25) is 9.69 Å². The van der Waals surface area contributed by atoms with Crippen molar-refractivity contribution in [3.8, 4) is 11.5 Å². The number of nitrogens with zero attached hydrogens (tertiary/aromatic N) is 4. The van der Waals surface area contributed by atoms with Crippen molar-refractivity contribution in [1.82, 2.24) is 19.8 Å². The molecule has 1 fully saturated rings. The highest BCUT2D eigenvalue weighted by Gasteiger charge is 2.31. The molecule has 0 saturated carbocycles. The van der Waals surface area contributed by atoms with Crippen molar-refractivity contribution in [2.75, 3.05) is 46.2 Å². The van der Waals surface area contributed by atoms with E-state index in [1.807, 2.05) is 0 Å². The molecule has 0 aliphatic carbocycles. The molecule has 10 heteroatoms. The average molecular weight is 502 g/mol. The van der Waals surface area contributed by atoms with Crippen LogP contribution in [0.3, 0.4) is 0 Å². The summed E-state index contributed by atoms with van der Waals surface area (Å²) in [5.74, 6) is 1.19. The van der Waals surface area contributed by atoms with E-state index in [4.69, 9.17) is 21.1 Å². The first-order valence-corrected chi connectivity index (χ1v) is 11.9. The van der Waals surface area contributed by atoms with E-state index in [2.05, 4.69) is 20.2 Å². The van der Waals surface area contributed by atoms with Crippen LogP contribution in [-0.2, 0) is 4.79 Å². The highest BCUT2D eigenvalue weighted by atomic mass is 35.5. The van der Waals surface area contributed by atoms with Crippen molar-refractivity contribution in [3.05, 3.63) is 47.5 Å². The molecular weight excluding hydrogens is 473 g/mol. The monoisotopic (exact) mass is 501 g/mol. The van der Waals surface area contributed by atoms with Gasteiger partial charge in [0.1, 0.15) is 18.0 Å². The molecule has 2 heterocycles. The summed E-state index contributed by atoms with van der Waals surface area (Å²) >= 11 is 5.85. The van der Waals surface area contributed by atoms with Crippen molar-refractivity contribution < 1.29 is 18.7 Å². The summed E-state index contributed by atoms with van der Waals surface area (Å²) in [6, 6.07) is 7.90. The molecule has 186 valence electrons. The van der Waals surface area contributed by atoms with Crippen LogP contribution < -0.4 is 14.8 Å². The summed E-state index contributed by atoms with van der Waals surface area (Å²) in [6.07, 6.45) is 4.10. The Morgan fingerprint density at radius 3 is 2.83 bits per heavy atom. The van der Waals surface area contributed by atoms with Crippen molar-refractivity contribution >= 4 is 39.9 Å². The van der Waals surface area contributed by atoms with Crippen LogP contribution in [0.25, 0.3) is 10.9 Å². The van der Waals surface area contributed by atoms with Crippen LogP contribution in [0.1, 0.15) is 19.3 Å². The van der Waals surface area contributed by atoms with Crippen LogP contribution in [0, 0.1) is 5.82 Å². The fourth-order valence-corrected chi connectivity index (χ4v) is 4.43. The number of hydrogen-bond donors (Lipinski definition) is 1. The number of rotatable bonds is 9. The van der Waals surface area contributed by atoms with Crippen LogP contribution in [0.4, 0.5) is 15.9 Å². The third-order valence-electron chi connectivity index (χ3n) is 6.04. The number of carbonyl (C=O) groups is 1. The molecule has 4 rings (SSSR count). The maximum absolute atomic E-state index is 14.3. The lowest BCUT2D eigenvalue weighted by Gasteiger charge is -2.26. The number of nitrogens with one attached hydrogen (secondary N) is 1. The van der Waals surface area contributed by atoms with Crippen LogP contribution in [0.15, 0.2) is 36.7 Å². The highest BCUT2D eigenvalue weighted by molar-refractivity contribution is 6.30. The quantitative estimate of drug-likeness (QED) is 0.432. The standard InChI is InChI=1S/C25H29ClFN5O3/c1-31(2)25(33)21-6-4-9-32(21)10-5-11-35-23-14-20-17(13-22(23)34-3)24(29-15-28-20)30-19-8-7-16(26)12-18(19)27/h7-8,12-15,21H,4-6,9-11H2,1-3H3,(H,28,29,30)/t21-/m0/s1. The third kappa shape index (κ3) is 5.74. The summed E-state index contributed by atoms with van der Waals surface area (Å²) < 4.78 is 25.8. The molecule has 0 radical (unpaired) electrons. The lowest BCUT2D eigenvalue weighted by molar-refractivity contribution is -0.133. The Morgan fingerprint density at radius 1 is 1.26 bits per heavy atom. The van der Waals surface area contributed by atoms with Crippen LogP contribution in [0.2, 0.25) is 5.02 Å². The van der Waals surface area contributed by atoms with Gasteiger partial charge >= 0.3 is 0 Å². The van der Waals surface area contributed by atoms with Crippen LogP contribution in [-0.4, -0.2) is 72.6 Å². The zero-order valence-electron chi connectivity index (χ0n) is 20.1. The Morgan fingerprint density at radius 2 is 2.09 bits per heavy atom.